The number of carbonyl (C=O) groups excluding carboxylic acids is 1. The molecule has 1 amide bonds. The van der Waals surface area contributed by atoms with Crippen molar-refractivity contribution in [3.8, 4) is 0 Å². The van der Waals surface area contributed by atoms with Crippen LogP contribution in [0.15, 0.2) is 10.4 Å². The van der Waals surface area contributed by atoms with Gasteiger partial charge in [0.1, 0.15) is 12.1 Å². The molecule has 10 nitrogen and oxygen atoms in total. The summed E-state index contributed by atoms with van der Waals surface area (Å²) in [5.74, 6) is -1.09. The number of nitrogens with zero attached hydrogens (tertiary/aromatic N) is 2. The molecule has 0 fully saturated rings. The number of nitroso groups, excluding NO2 is 2. The minimum Gasteiger partial charge on any atom is -0.481 e. The van der Waals surface area contributed by atoms with Crippen LogP contribution in [0.1, 0.15) is 73.6 Å². The van der Waals surface area contributed by atoms with Crippen LogP contribution in [0.25, 0.3) is 0 Å². The highest BCUT2D eigenvalue weighted by Crippen LogP contribution is 2.16. The lowest BCUT2D eigenvalue weighted by atomic mass is 9.93. The van der Waals surface area contributed by atoms with E-state index >= 15 is 0 Å². The Bertz CT molecular complexity index is 568. The molecule has 0 saturated heterocycles. The maximum absolute atomic E-state index is 11.9. The number of carboxylic acids is 1. The summed E-state index contributed by atoms with van der Waals surface area (Å²) in [7, 11) is 0. The van der Waals surface area contributed by atoms with E-state index in [2.05, 4.69) is 26.3 Å². The SMILES string of the molecule is CC(N=O)C(C)(C)NCCC(CCNC(=O)CCCC(=O)O)NC(C)(C)C(C)N=O. The molecule has 10 heteroatoms. The zero-order valence-electron chi connectivity index (χ0n) is 19.2. The smallest absolute Gasteiger partial charge is 0.303 e. The fourth-order valence-electron chi connectivity index (χ4n) is 2.79. The molecule has 174 valence electrons. The fourth-order valence-corrected chi connectivity index (χ4v) is 2.79. The topological polar surface area (TPSA) is 149 Å². The van der Waals surface area contributed by atoms with E-state index in [-0.39, 0.29) is 30.8 Å². The third-order valence-electron chi connectivity index (χ3n) is 5.66. The maximum atomic E-state index is 11.9. The Hall–Kier alpha value is -1.94. The summed E-state index contributed by atoms with van der Waals surface area (Å²) < 4.78 is 0. The summed E-state index contributed by atoms with van der Waals surface area (Å²) >= 11 is 0. The summed E-state index contributed by atoms with van der Waals surface area (Å²) in [4.78, 5) is 44.2. The Morgan fingerprint density at radius 2 is 1.43 bits per heavy atom. The van der Waals surface area contributed by atoms with Crippen molar-refractivity contribution in [3.05, 3.63) is 9.81 Å². The van der Waals surface area contributed by atoms with Crippen molar-refractivity contribution in [2.75, 3.05) is 13.1 Å². The quantitative estimate of drug-likeness (QED) is 0.260. The number of amides is 1. The minimum atomic E-state index is -0.915. The summed E-state index contributed by atoms with van der Waals surface area (Å²) in [6.45, 7) is 12.2. The number of nitrogens with one attached hydrogen (secondary N) is 3. The molecule has 0 aliphatic heterocycles. The molecule has 3 atom stereocenters. The van der Waals surface area contributed by atoms with Gasteiger partial charge in [0.2, 0.25) is 5.91 Å². The third-order valence-corrected chi connectivity index (χ3v) is 5.66. The normalized spacial score (nSPS) is 15.1. The summed E-state index contributed by atoms with van der Waals surface area (Å²) in [6.07, 6.45) is 1.79. The van der Waals surface area contributed by atoms with Crippen molar-refractivity contribution in [3.63, 3.8) is 0 Å². The van der Waals surface area contributed by atoms with Crippen molar-refractivity contribution in [1.29, 1.82) is 0 Å². The molecule has 0 aromatic heterocycles. The van der Waals surface area contributed by atoms with Gasteiger partial charge in [0.15, 0.2) is 0 Å². The predicted molar refractivity (Wildman–Crippen MR) is 117 cm³/mol. The van der Waals surface area contributed by atoms with Crippen LogP contribution >= 0.6 is 0 Å². The van der Waals surface area contributed by atoms with Crippen LogP contribution in [0, 0.1) is 9.81 Å². The summed E-state index contributed by atoms with van der Waals surface area (Å²) in [5.41, 5.74) is -0.969. The van der Waals surface area contributed by atoms with Gasteiger partial charge in [-0.3, -0.25) is 9.59 Å². The third kappa shape index (κ3) is 11.3. The van der Waals surface area contributed by atoms with E-state index in [9.17, 15) is 19.4 Å². The highest BCUT2D eigenvalue weighted by molar-refractivity contribution is 5.76. The Morgan fingerprint density at radius 3 is 1.97 bits per heavy atom. The molecular weight excluding hydrogens is 390 g/mol. The molecule has 0 aliphatic rings. The lowest BCUT2D eigenvalue weighted by Crippen LogP contribution is -2.54. The van der Waals surface area contributed by atoms with E-state index in [4.69, 9.17) is 5.11 Å². The molecule has 0 heterocycles. The minimum absolute atomic E-state index is 0.00804. The monoisotopic (exact) mass is 429 g/mol. The number of carboxylic acid groups (broad SMARTS) is 1. The van der Waals surface area contributed by atoms with Gasteiger partial charge in [-0.15, -0.1) is 0 Å². The van der Waals surface area contributed by atoms with Crippen molar-refractivity contribution in [2.45, 2.75) is 103 Å². The van der Waals surface area contributed by atoms with E-state index in [1.807, 2.05) is 27.7 Å². The Morgan fingerprint density at radius 1 is 0.900 bits per heavy atom. The molecule has 30 heavy (non-hydrogen) atoms. The molecule has 0 rings (SSSR count). The summed E-state index contributed by atoms with van der Waals surface area (Å²) in [6, 6.07) is -0.828. The van der Waals surface area contributed by atoms with Crippen molar-refractivity contribution < 1.29 is 14.7 Å². The fraction of sp³-hybridized carbons (Fsp3) is 0.900. The van der Waals surface area contributed by atoms with E-state index in [1.54, 1.807) is 13.8 Å². The van der Waals surface area contributed by atoms with Gasteiger partial charge in [-0.1, -0.05) is 10.4 Å². The largest absolute Gasteiger partial charge is 0.481 e. The van der Waals surface area contributed by atoms with Crippen LogP contribution in [0.2, 0.25) is 0 Å². The standard InChI is InChI=1S/C20H39N5O5/c1-14(24-29)19(3,4)22-13-11-16(23-20(5,6)15(2)25-30)10-12-21-17(26)8-7-9-18(27)28/h14-16,22-23H,7-13H2,1-6H3,(H,21,26)(H,27,28). The van der Waals surface area contributed by atoms with Crippen LogP contribution < -0.4 is 16.0 Å². The van der Waals surface area contributed by atoms with Gasteiger partial charge in [0.25, 0.3) is 0 Å². The number of hydrogen-bond donors (Lipinski definition) is 4. The van der Waals surface area contributed by atoms with Crippen LogP contribution in [0.5, 0.6) is 0 Å². The van der Waals surface area contributed by atoms with E-state index in [0.29, 0.717) is 32.4 Å². The number of aliphatic carboxylic acids is 1. The predicted octanol–water partition coefficient (Wildman–Crippen LogP) is 2.55. The molecule has 0 aromatic rings. The van der Waals surface area contributed by atoms with Crippen LogP contribution in [0.4, 0.5) is 0 Å². The first kappa shape index (κ1) is 28.1. The van der Waals surface area contributed by atoms with Crippen LogP contribution in [-0.2, 0) is 9.59 Å². The zero-order chi connectivity index (χ0) is 23.4. The van der Waals surface area contributed by atoms with E-state index in [0.717, 1.165) is 0 Å². The molecule has 4 N–H and O–H groups in total. The van der Waals surface area contributed by atoms with Gasteiger partial charge < -0.3 is 21.1 Å². The molecule has 0 spiro atoms. The van der Waals surface area contributed by atoms with Gasteiger partial charge in [-0.2, -0.15) is 9.81 Å². The first-order chi connectivity index (χ1) is 13.9. The van der Waals surface area contributed by atoms with E-state index < -0.39 is 23.1 Å². The average molecular weight is 430 g/mol. The second-order valence-corrected chi connectivity index (χ2v) is 8.95. The van der Waals surface area contributed by atoms with Crippen LogP contribution in [0.3, 0.4) is 0 Å². The molecule has 0 saturated carbocycles. The maximum Gasteiger partial charge on any atom is 0.303 e. The van der Waals surface area contributed by atoms with Gasteiger partial charge in [0.05, 0.1) is 0 Å². The highest BCUT2D eigenvalue weighted by Gasteiger charge is 2.30. The Kier molecular flexibility index (Phi) is 12.5. The Labute approximate surface area is 179 Å². The van der Waals surface area contributed by atoms with Crippen molar-refractivity contribution >= 4 is 11.9 Å². The molecular formula is C20H39N5O5. The van der Waals surface area contributed by atoms with Gasteiger partial charge >= 0.3 is 5.97 Å². The number of carbonyl (C=O) groups is 2. The summed E-state index contributed by atoms with van der Waals surface area (Å²) in [5, 5.41) is 24.5. The first-order valence-electron chi connectivity index (χ1n) is 10.5. The second kappa shape index (κ2) is 13.4. The Balaban J connectivity index is 4.76. The second-order valence-electron chi connectivity index (χ2n) is 8.95. The molecule has 3 unspecified atom stereocenters. The highest BCUT2D eigenvalue weighted by atomic mass is 16.4. The number of hydrogen-bond acceptors (Lipinski definition) is 8. The molecule has 0 bridgehead atoms. The lowest BCUT2D eigenvalue weighted by Gasteiger charge is -2.35. The van der Waals surface area contributed by atoms with Gasteiger partial charge in [-0.25, -0.2) is 0 Å². The van der Waals surface area contributed by atoms with Crippen molar-refractivity contribution in [2.24, 2.45) is 10.4 Å². The first-order valence-corrected chi connectivity index (χ1v) is 10.5. The van der Waals surface area contributed by atoms with Gasteiger partial charge in [-0.05, 0) is 67.3 Å². The number of rotatable bonds is 17. The van der Waals surface area contributed by atoms with E-state index in [1.165, 1.54) is 0 Å². The van der Waals surface area contributed by atoms with Crippen LogP contribution in [-0.4, -0.2) is 59.3 Å². The molecule has 0 aromatic carbocycles. The zero-order valence-corrected chi connectivity index (χ0v) is 19.2. The molecule has 0 aliphatic carbocycles. The lowest BCUT2D eigenvalue weighted by molar-refractivity contribution is -0.137. The molecule has 0 radical (unpaired) electrons. The van der Waals surface area contributed by atoms with Crippen molar-refractivity contribution in [1.82, 2.24) is 16.0 Å². The average Bonchev–Trinajstić information content (AvgIpc) is 2.65. The van der Waals surface area contributed by atoms with Gasteiger partial charge in [0, 0.05) is 36.5 Å².